The molecule has 2 aromatic rings. The first-order chi connectivity index (χ1) is 12.3. The molecule has 0 aliphatic heterocycles. The van der Waals surface area contributed by atoms with Crippen molar-refractivity contribution < 1.29 is 24.2 Å². The second kappa shape index (κ2) is 7.74. The lowest BCUT2D eigenvalue weighted by molar-refractivity contribution is -0.143. The van der Waals surface area contributed by atoms with Crippen LogP contribution in [0.5, 0.6) is 11.5 Å². The van der Waals surface area contributed by atoms with Gasteiger partial charge in [0.1, 0.15) is 15.4 Å². The molecule has 0 saturated heterocycles. The smallest absolute Gasteiger partial charge is 0.329 e. The van der Waals surface area contributed by atoms with Crippen LogP contribution in [0.3, 0.4) is 0 Å². The molecule has 1 aromatic carbocycles. The fourth-order valence-corrected chi connectivity index (χ4v) is 3.26. The first-order valence-electron chi connectivity index (χ1n) is 8.01. The van der Waals surface area contributed by atoms with Gasteiger partial charge in [-0.3, -0.25) is 4.79 Å². The molecule has 0 fully saturated rings. The van der Waals surface area contributed by atoms with Crippen molar-refractivity contribution in [3.8, 4) is 22.1 Å². The molecule has 0 bridgehead atoms. The maximum atomic E-state index is 12.6. The second-order valence-electron chi connectivity index (χ2n) is 5.95. The van der Waals surface area contributed by atoms with E-state index in [-0.39, 0.29) is 6.42 Å². The van der Waals surface area contributed by atoms with Crippen LogP contribution in [0.4, 0.5) is 0 Å². The molecule has 140 valence electrons. The van der Waals surface area contributed by atoms with Gasteiger partial charge in [-0.25, -0.2) is 9.78 Å². The molecule has 8 heteroatoms. The highest BCUT2D eigenvalue weighted by atomic mass is 32.1. The molecule has 0 aliphatic rings. The molecule has 1 heterocycles. The van der Waals surface area contributed by atoms with Crippen molar-refractivity contribution in [2.45, 2.75) is 32.7 Å². The van der Waals surface area contributed by atoms with Crippen LogP contribution in [-0.2, 0) is 4.79 Å². The maximum Gasteiger partial charge on any atom is 0.329 e. The van der Waals surface area contributed by atoms with Gasteiger partial charge < -0.3 is 19.9 Å². The number of amides is 1. The highest BCUT2D eigenvalue weighted by Crippen LogP contribution is 2.35. The normalized spacial score (nSPS) is 13.0. The fourth-order valence-electron chi connectivity index (χ4n) is 2.30. The molecule has 0 radical (unpaired) electrons. The van der Waals surface area contributed by atoms with Gasteiger partial charge in [-0.15, -0.1) is 11.3 Å². The van der Waals surface area contributed by atoms with E-state index in [4.69, 9.17) is 9.47 Å². The van der Waals surface area contributed by atoms with Crippen molar-refractivity contribution in [3.05, 3.63) is 28.8 Å². The number of thiazole rings is 1. The van der Waals surface area contributed by atoms with Crippen LogP contribution in [0.2, 0.25) is 0 Å². The van der Waals surface area contributed by atoms with Crippen molar-refractivity contribution in [2.24, 2.45) is 0 Å². The predicted octanol–water partition coefficient (Wildman–Crippen LogP) is 3.12. The SMILES string of the molecule is CCC(C)(NC(=O)c1sc(-c2ccc(OC)c(OC)c2)nc1C)C(=O)O. The topological polar surface area (TPSA) is 97.8 Å². The predicted molar refractivity (Wildman–Crippen MR) is 99.2 cm³/mol. The number of rotatable bonds is 7. The first kappa shape index (κ1) is 19.7. The Morgan fingerprint density at radius 2 is 1.92 bits per heavy atom. The third-order valence-corrected chi connectivity index (χ3v) is 5.41. The van der Waals surface area contributed by atoms with E-state index < -0.39 is 17.4 Å². The van der Waals surface area contributed by atoms with E-state index in [1.807, 2.05) is 6.07 Å². The molecule has 1 unspecified atom stereocenters. The molecule has 0 spiro atoms. The zero-order valence-corrected chi connectivity index (χ0v) is 16.2. The molecule has 2 rings (SSSR count). The number of nitrogens with one attached hydrogen (secondary N) is 1. The summed E-state index contributed by atoms with van der Waals surface area (Å²) in [5.41, 5.74) is 0.00390. The first-order valence-corrected chi connectivity index (χ1v) is 8.83. The van der Waals surface area contributed by atoms with Gasteiger partial charge in [0, 0.05) is 5.56 Å². The quantitative estimate of drug-likeness (QED) is 0.768. The molecule has 7 nitrogen and oxygen atoms in total. The van der Waals surface area contributed by atoms with E-state index in [2.05, 4.69) is 10.3 Å². The van der Waals surface area contributed by atoms with Crippen LogP contribution < -0.4 is 14.8 Å². The van der Waals surface area contributed by atoms with Crippen LogP contribution in [0.25, 0.3) is 10.6 Å². The Kier molecular flexibility index (Phi) is 5.86. The third kappa shape index (κ3) is 3.80. The number of carbonyl (C=O) groups excluding carboxylic acids is 1. The molecular formula is C18H22N2O5S. The lowest BCUT2D eigenvalue weighted by Crippen LogP contribution is -2.51. The van der Waals surface area contributed by atoms with E-state index in [9.17, 15) is 14.7 Å². The fraction of sp³-hybridized carbons (Fsp3) is 0.389. The van der Waals surface area contributed by atoms with Crippen molar-refractivity contribution in [1.82, 2.24) is 10.3 Å². The molecular weight excluding hydrogens is 356 g/mol. The van der Waals surface area contributed by atoms with E-state index in [1.54, 1.807) is 40.2 Å². The lowest BCUT2D eigenvalue weighted by Gasteiger charge is -2.24. The molecule has 1 amide bonds. The summed E-state index contributed by atoms with van der Waals surface area (Å²) in [5, 5.41) is 12.6. The molecule has 26 heavy (non-hydrogen) atoms. The summed E-state index contributed by atoms with van der Waals surface area (Å²) in [6.07, 6.45) is 0.272. The summed E-state index contributed by atoms with van der Waals surface area (Å²) >= 11 is 1.20. The van der Waals surface area contributed by atoms with Crippen LogP contribution in [0.15, 0.2) is 18.2 Å². The number of hydrogen-bond acceptors (Lipinski definition) is 6. The second-order valence-corrected chi connectivity index (χ2v) is 6.95. The number of nitrogens with zero attached hydrogens (tertiary/aromatic N) is 1. The minimum absolute atomic E-state index is 0.272. The zero-order chi connectivity index (χ0) is 19.5. The van der Waals surface area contributed by atoms with Gasteiger partial charge in [-0.2, -0.15) is 0 Å². The molecule has 1 atom stereocenters. The molecule has 2 N–H and O–H groups in total. The number of carboxylic acids is 1. The minimum Gasteiger partial charge on any atom is -0.493 e. The number of carboxylic acid groups (broad SMARTS) is 1. The molecule has 1 aromatic heterocycles. The van der Waals surface area contributed by atoms with Crippen LogP contribution >= 0.6 is 11.3 Å². The Morgan fingerprint density at radius 3 is 2.46 bits per heavy atom. The Balaban J connectivity index is 2.34. The standard InChI is InChI=1S/C18H22N2O5S/c1-6-18(3,17(22)23)20-15(21)14-10(2)19-16(26-14)11-7-8-12(24-4)13(9-11)25-5/h7-9H,6H2,1-5H3,(H,20,21)(H,22,23). The number of aryl methyl sites for hydroxylation is 1. The summed E-state index contributed by atoms with van der Waals surface area (Å²) in [6, 6.07) is 5.38. The number of methoxy groups -OCH3 is 2. The number of aliphatic carboxylic acids is 1. The van der Waals surface area contributed by atoms with Crippen molar-refractivity contribution in [2.75, 3.05) is 14.2 Å². The van der Waals surface area contributed by atoms with E-state index >= 15 is 0 Å². The molecule has 0 saturated carbocycles. The van der Waals surface area contributed by atoms with Gasteiger partial charge in [0.25, 0.3) is 5.91 Å². The minimum atomic E-state index is -1.32. The van der Waals surface area contributed by atoms with Gasteiger partial charge in [0.05, 0.1) is 19.9 Å². The third-order valence-electron chi connectivity index (χ3n) is 4.20. The van der Waals surface area contributed by atoms with Crippen molar-refractivity contribution in [3.63, 3.8) is 0 Å². The average Bonchev–Trinajstić information content (AvgIpc) is 3.02. The summed E-state index contributed by atoms with van der Waals surface area (Å²) in [5.74, 6) is -0.356. The maximum absolute atomic E-state index is 12.6. The highest BCUT2D eigenvalue weighted by Gasteiger charge is 2.34. The Morgan fingerprint density at radius 1 is 1.27 bits per heavy atom. The zero-order valence-electron chi connectivity index (χ0n) is 15.4. The largest absolute Gasteiger partial charge is 0.493 e. The lowest BCUT2D eigenvalue weighted by atomic mass is 9.99. The Bertz CT molecular complexity index is 833. The van der Waals surface area contributed by atoms with Crippen LogP contribution in [0.1, 0.15) is 35.6 Å². The average molecular weight is 378 g/mol. The monoisotopic (exact) mass is 378 g/mol. The highest BCUT2D eigenvalue weighted by molar-refractivity contribution is 7.17. The summed E-state index contributed by atoms with van der Waals surface area (Å²) < 4.78 is 10.5. The summed E-state index contributed by atoms with van der Waals surface area (Å²) in [6.45, 7) is 4.92. The van der Waals surface area contributed by atoms with Crippen LogP contribution in [0, 0.1) is 6.92 Å². The van der Waals surface area contributed by atoms with Crippen LogP contribution in [-0.4, -0.2) is 41.7 Å². The Hall–Kier alpha value is -2.61. The van der Waals surface area contributed by atoms with E-state index in [0.29, 0.717) is 27.1 Å². The van der Waals surface area contributed by atoms with Gasteiger partial charge in [0.15, 0.2) is 11.5 Å². The number of hydrogen-bond donors (Lipinski definition) is 2. The van der Waals surface area contributed by atoms with E-state index in [1.165, 1.54) is 18.3 Å². The summed E-state index contributed by atoms with van der Waals surface area (Å²) in [7, 11) is 3.10. The van der Waals surface area contributed by atoms with Gasteiger partial charge >= 0.3 is 5.97 Å². The van der Waals surface area contributed by atoms with Crippen molar-refractivity contribution >= 4 is 23.2 Å². The van der Waals surface area contributed by atoms with Gasteiger partial charge in [-0.1, -0.05) is 6.92 Å². The number of benzene rings is 1. The van der Waals surface area contributed by atoms with Gasteiger partial charge in [-0.05, 0) is 38.5 Å². The van der Waals surface area contributed by atoms with E-state index in [0.717, 1.165) is 5.56 Å². The summed E-state index contributed by atoms with van der Waals surface area (Å²) in [4.78, 5) is 28.8. The molecule has 0 aliphatic carbocycles. The van der Waals surface area contributed by atoms with Crippen molar-refractivity contribution in [1.29, 1.82) is 0 Å². The van der Waals surface area contributed by atoms with Gasteiger partial charge in [0.2, 0.25) is 0 Å². The number of ether oxygens (including phenoxy) is 2. The Labute approximate surface area is 156 Å². The number of aromatic nitrogens is 1. The number of carbonyl (C=O) groups is 2.